The summed E-state index contributed by atoms with van der Waals surface area (Å²) in [5, 5.41) is 4.89. The van der Waals surface area contributed by atoms with Crippen LogP contribution in [0.25, 0.3) is 0 Å². The van der Waals surface area contributed by atoms with Crippen LogP contribution in [0.1, 0.15) is 74.0 Å². The van der Waals surface area contributed by atoms with Crippen LogP contribution in [0, 0.1) is 12.8 Å². The Morgan fingerprint density at radius 2 is 2.17 bits per heavy atom. The molecule has 0 radical (unpaired) electrons. The lowest BCUT2D eigenvalue weighted by atomic mass is 10.0. The number of aromatic nitrogens is 1. The predicted octanol–water partition coefficient (Wildman–Crippen LogP) is 4.42. The maximum atomic E-state index is 4.84. The van der Waals surface area contributed by atoms with E-state index in [1.54, 1.807) is 0 Å². The first kappa shape index (κ1) is 14.0. The number of hydrogen-bond donors (Lipinski definition) is 1. The van der Waals surface area contributed by atoms with Crippen molar-refractivity contribution in [2.24, 2.45) is 5.92 Å². The lowest BCUT2D eigenvalue weighted by Crippen LogP contribution is -2.17. The molecule has 1 N–H and O–H groups in total. The SMILES string of the molecule is CCNC(C)c1sc(C2CCC(CC)C2)nc1C. The third-order valence-electron chi connectivity index (χ3n) is 4.22. The molecule has 0 aromatic carbocycles. The van der Waals surface area contributed by atoms with Gasteiger partial charge in [-0.1, -0.05) is 20.3 Å². The average molecular weight is 266 g/mol. The van der Waals surface area contributed by atoms with Gasteiger partial charge in [0, 0.05) is 16.8 Å². The number of hydrogen-bond acceptors (Lipinski definition) is 3. The Labute approximate surface area is 115 Å². The predicted molar refractivity (Wildman–Crippen MR) is 79.3 cm³/mol. The van der Waals surface area contributed by atoms with E-state index in [1.807, 2.05) is 11.3 Å². The van der Waals surface area contributed by atoms with Crippen molar-refractivity contribution in [3.63, 3.8) is 0 Å². The molecule has 1 aliphatic carbocycles. The molecule has 2 nitrogen and oxygen atoms in total. The van der Waals surface area contributed by atoms with Crippen LogP contribution in [-0.2, 0) is 0 Å². The monoisotopic (exact) mass is 266 g/mol. The maximum Gasteiger partial charge on any atom is 0.0962 e. The van der Waals surface area contributed by atoms with Gasteiger partial charge in [0.2, 0.25) is 0 Å². The first-order valence-electron chi connectivity index (χ1n) is 7.36. The fourth-order valence-corrected chi connectivity index (χ4v) is 4.32. The van der Waals surface area contributed by atoms with Crippen molar-refractivity contribution in [3.8, 4) is 0 Å². The van der Waals surface area contributed by atoms with Crippen molar-refractivity contribution >= 4 is 11.3 Å². The van der Waals surface area contributed by atoms with E-state index >= 15 is 0 Å². The summed E-state index contributed by atoms with van der Waals surface area (Å²) < 4.78 is 0. The molecule has 3 heteroatoms. The van der Waals surface area contributed by atoms with Crippen LogP contribution in [-0.4, -0.2) is 11.5 Å². The summed E-state index contributed by atoms with van der Waals surface area (Å²) in [7, 11) is 0. The molecule has 1 aromatic heterocycles. The summed E-state index contributed by atoms with van der Waals surface area (Å²) in [6.45, 7) is 9.91. The molecule has 0 saturated heterocycles. The Bertz CT molecular complexity index is 386. The van der Waals surface area contributed by atoms with Crippen molar-refractivity contribution in [3.05, 3.63) is 15.6 Å². The number of rotatable bonds is 5. The van der Waals surface area contributed by atoms with Gasteiger partial charge in [-0.25, -0.2) is 4.98 Å². The van der Waals surface area contributed by atoms with Crippen LogP contribution in [0.5, 0.6) is 0 Å². The molecule has 0 bridgehead atoms. The summed E-state index contributed by atoms with van der Waals surface area (Å²) in [5.41, 5.74) is 1.24. The molecule has 1 saturated carbocycles. The van der Waals surface area contributed by atoms with Crippen LogP contribution in [0.4, 0.5) is 0 Å². The van der Waals surface area contributed by atoms with Crippen LogP contribution < -0.4 is 5.32 Å². The molecule has 18 heavy (non-hydrogen) atoms. The number of nitrogens with zero attached hydrogens (tertiary/aromatic N) is 1. The van der Waals surface area contributed by atoms with Gasteiger partial charge in [-0.2, -0.15) is 0 Å². The molecule has 0 spiro atoms. The molecule has 1 aliphatic rings. The van der Waals surface area contributed by atoms with E-state index in [9.17, 15) is 0 Å². The fraction of sp³-hybridized carbons (Fsp3) is 0.800. The number of aryl methyl sites for hydroxylation is 1. The highest BCUT2D eigenvalue weighted by molar-refractivity contribution is 7.11. The molecule has 3 unspecified atom stereocenters. The van der Waals surface area contributed by atoms with Gasteiger partial charge in [-0.3, -0.25) is 0 Å². The molecule has 1 heterocycles. The van der Waals surface area contributed by atoms with Gasteiger partial charge in [0.05, 0.1) is 10.7 Å². The Hall–Kier alpha value is -0.410. The zero-order valence-corrected chi connectivity index (χ0v) is 12.9. The molecule has 0 aliphatic heterocycles. The molecular weight excluding hydrogens is 240 g/mol. The lowest BCUT2D eigenvalue weighted by Gasteiger charge is -2.10. The van der Waals surface area contributed by atoms with Gasteiger partial charge in [-0.05, 0) is 45.6 Å². The molecule has 1 aromatic rings. The Morgan fingerprint density at radius 1 is 1.39 bits per heavy atom. The third kappa shape index (κ3) is 2.94. The zero-order valence-electron chi connectivity index (χ0n) is 12.1. The summed E-state index contributed by atoms with van der Waals surface area (Å²) >= 11 is 1.94. The average Bonchev–Trinajstić information content (AvgIpc) is 2.95. The lowest BCUT2D eigenvalue weighted by molar-refractivity contribution is 0.521. The molecule has 2 rings (SSSR count). The first-order chi connectivity index (χ1) is 8.65. The van der Waals surface area contributed by atoms with Gasteiger partial charge in [-0.15, -0.1) is 11.3 Å². The van der Waals surface area contributed by atoms with E-state index in [4.69, 9.17) is 4.98 Å². The highest BCUT2D eigenvalue weighted by atomic mass is 32.1. The van der Waals surface area contributed by atoms with Crippen LogP contribution in [0.2, 0.25) is 0 Å². The minimum Gasteiger partial charge on any atom is -0.310 e. The normalized spacial score (nSPS) is 25.6. The quantitative estimate of drug-likeness (QED) is 0.853. The third-order valence-corrected chi connectivity index (χ3v) is 5.72. The maximum absolute atomic E-state index is 4.84. The van der Waals surface area contributed by atoms with Crippen LogP contribution in [0.3, 0.4) is 0 Å². The summed E-state index contributed by atoms with van der Waals surface area (Å²) in [6, 6.07) is 0.449. The van der Waals surface area contributed by atoms with Crippen LogP contribution >= 0.6 is 11.3 Å². The van der Waals surface area contributed by atoms with E-state index in [2.05, 4.69) is 33.0 Å². The van der Waals surface area contributed by atoms with E-state index in [1.165, 1.54) is 41.3 Å². The van der Waals surface area contributed by atoms with Crippen molar-refractivity contribution in [1.29, 1.82) is 0 Å². The zero-order chi connectivity index (χ0) is 13.1. The minimum atomic E-state index is 0.449. The largest absolute Gasteiger partial charge is 0.310 e. The van der Waals surface area contributed by atoms with Gasteiger partial charge < -0.3 is 5.32 Å². The highest BCUT2D eigenvalue weighted by Gasteiger charge is 2.28. The summed E-state index contributed by atoms with van der Waals surface area (Å²) in [4.78, 5) is 6.28. The second-order valence-corrected chi connectivity index (χ2v) is 6.63. The summed E-state index contributed by atoms with van der Waals surface area (Å²) in [6.07, 6.45) is 5.44. The van der Waals surface area contributed by atoms with Gasteiger partial charge in [0.1, 0.15) is 0 Å². The molecule has 3 atom stereocenters. The first-order valence-corrected chi connectivity index (χ1v) is 8.17. The van der Waals surface area contributed by atoms with E-state index < -0.39 is 0 Å². The number of nitrogens with one attached hydrogen (secondary N) is 1. The van der Waals surface area contributed by atoms with Crippen molar-refractivity contribution < 1.29 is 0 Å². The van der Waals surface area contributed by atoms with Gasteiger partial charge in [0.25, 0.3) is 0 Å². The van der Waals surface area contributed by atoms with Crippen molar-refractivity contribution in [2.75, 3.05) is 6.54 Å². The fourth-order valence-electron chi connectivity index (χ4n) is 3.07. The molecule has 1 fully saturated rings. The van der Waals surface area contributed by atoms with E-state index in [0.717, 1.165) is 18.4 Å². The van der Waals surface area contributed by atoms with E-state index in [-0.39, 0.29) is 0 Å². The number of thiazole rings is 1. The smallest absolute Gasteiger partial charge is 0.0962 e. The van der Waals surface area contributed by atoms with Crippen molar-refractivity contribution in [2.45, 2.75) is 65.3 Å². The summed E-state index contributed by atoms with van der Waals surface area (Å²) in [5.74, 6) is 1.68. The molecule has 102 valence electrons. The topological polar surface area (TPSA) is 24.9 Å². The Balaban J connectivity index is 2.09. The van der Waals surface area contributed by atoms with Gasteiger partial charge >= 0.3 is 0 Å². The standard InChI is InChI=1S/C15H26N2S/c1-5-12-7-8-13(9-12)15-17-11(4)14(18-15)10(3)16-6-2/h10,12-13,16H,5-9H2,1-4H3. The Morgan fingerprint density at radius 3 is 2.78 bits per heavy atom. The Kier molecular flexibility index (Phi) is 4.79. The highest BCUT2D eigenvalue weighted by Crippen LogP contribution is 2.42. The second-order valence-electron chi connectivity index (χ2n) is 5.57. The van der Waals surface area contributed by atoms with E-state index in [0.29, 0.717) is 6.04 Å². The minimum absolute atomic E-state index is 0.449. The van der Waals surface area contributed by atoms with Crippen LogP contribution in [0.15, 0.2) is 0 Å². The molecule has 0 amide bonds. The molecular formula is C15H26N2S. The van der Waals surface area contributed by atoms with Gasteiger partial charge in [0.15, 0.2) is 0 Å². The second kappa shape index (κ2) is 6.16. The van der Waals surface area contributed by atoms with Crippen molar-refractivity contribution in [1.82, 2.24) is 10.3 Å².